The van der Waals surface area contributed by atoms with Crippen LogP contribution in [-0.4, -0.2) is 12.4 Å². The highest BCUT2D eigenvalue weighted by molar-refractivity contribution is 9.12. The Kier molecular flexibility index (Phi) is 5.26. The van der Waals surface area contributed by atoms with Crippen molar-refractivity contribution < 1.29 is 4.74 Å². The third kappa shape index (κ3) is 3.84. The Labute approximate surface area is 101 Å². The van der Waals surface area contributed by atoms with Crippen LogP contribution in [0.4, 0.5) is 0 Å². The standard InChI is InChI=1S/C11H12Br2O/c1-14-11-4-2-9(3-5-11)8-10(13)6-7-12/h2-5,8H,6-7H2,1H3/b10-8+. The van der Waals surface area contributed by atoms with Crippen LogP contribution in [-0.2, 0) is 0 Å². The van der Waals surface area contributed by atoms with E-state index in [4.69, 9.17) is 4.74 Å². The summed E-state index contributed by atoms with van der Waals surface area (Å²) in [5, 5.41) is 0.972. The molecule has 0 fully saturated rings. The van der Waals surface area contributed by atoms with Crippen molar-refractivity contribution in [3.8, 4) is 5.75 Å². The van der Waals surface area contributed by atoms with Gasteiger partial charge in [-0.05, 0) is 34.7 Å². The van der Waals surface area contributed by atoms with E-state index in [1.165, 1.54) is 10.0 Å². The van der Waals surface area contributed by atoms with Gasteiger partial charge in [0.25, 0.3) is 0 Å². The molecule has 76 valence electrons. The number of halogens is 2. The predicted molar refractivity (Wildman–Crippen MR) is 68.3 cm³/mol. The van der Waals surface area contributed by atoms with Crippen molar-refractivity contribution in [3.63, 3.8) is 0 Å². The molecule has 0 bridgehead atoms. The summed E-state index contributed by atoms with van der Waals surface area (Å²) in [7, 11) is 1.67. The highest BCUT2D eigenvalue weighted by Gasteiger charge is 1.93. The Bertz CT molecular complexity index is 304. The number of ether oxygens (including phenoxy) is 1. The molecule has 0 aliphatic heterocycles. The van der Waals surface area contributed by atoms with Crippen LogP contribution in [0.15, 0.2) is 28.7 Å². The van der Waals surface area contributed by atoms with Crippen molar-refractivity contribution in [3.05, 3.63) is 34.3 Å². The maximum absolute atomic E-state index is 5.08. The van der Waals surface area contributed by atoms with Crippen LogP contribution < -0.4 is 4.74 Å². The molecule has 1 aromatic carbocycles. The van der Waals surface area contributed by atoms with E-state index in [9.17, 15) is 0 Å². The van der Waals surface area contributed by atoms with Gasteiger partial charge < -0.3 is 4.74 Å². The number of rotatable bonds is 4. The van der Waals surface area contributed by atoms with Gasteiger partial charge in [0.05, 0.1) is 7.11 Å². The van der Waals surface area contributed by atoms with Crippen LogP contribution in [0.2, 0.25) is 0 Å². The summed E-state index contributed by atoms with van der Waals surface area (Å²) in [5.41, 5.74) is 1.18. The zero-order valence-electron chi connectivity index (χ0n) is 7.97. The first-order valence-electron chi connectivity index (χ1n) is 4.32. The minimum atomic E-state index is 0.888. The molecule has 0 aliphatic carbocycles. The van der Waals surface area contributed by atoms with Crippen molar-refractivity contribution >= 4 is 37.9 Å². The normalized spacial score (nSPS) is 11.5. The third-order valence-electron chi connectivity index (χ3n) is 1.77. The van der Waals surface area contributed by atoms with Crippen molar-refractivity contribution in [2.45, 2.75) is 6.42 Å². The van der Waals surface area contributed by atoms with Gasteiger partial charge >= 0.3 is 0 Å². The summed E-state index contributed by atoms with van der Waals surface area (Å²) in [4.78, 5) is 0. The van der Waals surface area contributed by atoms with Crippen LogP contribution in [0.3, 0.4) is 0 Å². The average Bonchev–Trinajstić information content (AvgIpc) is 2.19. The van der Waals surface area contributed by atoms with Gasteiger partial charge in [0.15, 0.2) is 0 Å². The Hall–Kier alpha value is -0.280. The zero-order valence-corrected chi connectivity index (χ0v) is 11.1. The number of alkyl halides is 1. The second-order valence-corrected chi connectivity index (χ2v) is 4.61. The zero-order chi connectivity index (χ0) is 10.4. The maximum atomic E-state index is 5.08. The van der Waals surface area contributed by atoms with Crippen molar-refractivity contribution in [1.82, 2.24) is 0 Å². The van der Waals surface area contributed by atoms with E-state index in [0.29, 0.717) is 0 Å². The van der Waals surface area contributed by atoms with Crippen LogP contribution >= 0.6 is 31.9 Å². The van der Waals surface area contributed by atoms with Gasteiger partial charge in [-0.3, -0.25) is 0 Å². The van der Waals surface area contributed by atoms with Gasteiger partial charge in [0, 0.05) is 5.33 Å². The lowest BCUT2D eigenvalue weighted by Gasteiger charge is -2.00. The first-order chi connectivity index (χ1) is 6.76. The SMILES string of the molecule is COc1ccc(/C=C(/Br)CCBr)cc1. The molecule has 3 heteroatoms. The van der Waals surface area contributed by atoms with Gasteiger partial charge in [-0.25, -0.2) is 0 Å². The minimum absolute atomic E-state index is 0.888. The fourth-order valence-electron chi connectivity index (χ4n) is 1.04. The molecule has 1 aromatic rings. The smallest absolute Gasteiger partial charge is 0.118 e. The molecular weight excluding hydrogens is 308 g/mol. The first kappa shape index (κ1) is 11.8. The number of allylic oxidation sites excluding steroid dienone is 1. The van der Waals surface area contributed by atoms with Gasteiger partial charge in [-0.1, -0.05) is 44.0 Å². The molecule has 1 rings (SSSR count). The van der Waals surface area contributed by atoms with Crippen LogP contribution in [0.1, 0.15) is 12.0 Å². The Morgan fingerprint density at radius 2 is 2.00 bits per heavy atom. The molecule has 0 atom stereocenters. The fraction of sp³-hybridized carbons (Fsp3) is 0.273. The average molecular weight is 320 g/mol. The van der Waals surface area contributed by atoms with Crippen molar-refractivity contribution in [1.29, 1.82) is 0 Å². The molecule has 0 aliphatic rings. The molecule has 1 nitrogen and oxygen atoms in total. The van der Waals surface area contributed by atoms with E-state index < -0.39 is 0 Å². The van der Waals surface area contributed by atoms with Crippen LogP contribution in [0, 0.1) is 0 Å². The molecule has 0 unspecified atom stereocenters. The van der Waals surface area contributed by atoms with Crippen molar-refractivity contribution in [2.24, 2.45) is 0 Å². The van der Waals surface area contributed by atoms with E-state index in [1.54, 1.807) is 7.11 Å². The van der Waals surface area contributed by atoms with Gasteiger partial charge in [-0.2, -0.15) is 0 Å². The second kappa shape index (κ2) is 6.25. The molecule has 0 N–H and O–H groups in total. The van der Waals surface area contributed by atoms with Gasteiger partial charge in [-0.15, -0.1) is 0 Å². The summed E-state index contributed by atoms with van der Waals surface area (Å²) >= 11 is 6.91. The Morgan fingerprint density at radius 1 is 1.36 bits per heavy atom. The highest BCUT2D eigenvalue weighted by atomic mass is 79.9. The fourth-order valence-corrected chi connectivity index (χ4v) is 2.47. The summed E-state index contributed by atoms with van der Waals surface area (Å²) in [5.74, 6) is 0.888. The summed E-state index contributed by atoms with van der Waals surface area (Å²) in [6, 6.07) is 7.99. The van der Waals surface area contributed by atoms with Gasteiger partial charge in [0.2, 0.25) is 0 Å². The van der Waals surface area contributed by atoms with E-state index in [2.05, 4.69) is 37.9 Å². The van der Waals surface area contributed by atoms with E-state index in [-0.39, 0.29) is 0 Å². The van der Waals surface area contributed by atoms with Crippen molar-refractivity contribution in [2.75, 3.05) is 12.4 Å². The largest absolute Gasteiger partial charge is 0.497 e. The maximum Gasteiger partial charge on any atom is 0.118 e. The lowest BCUT2D eigenvalue weighted by Crippen LogP contribution is -1.82. The van der Waals surface area contributed by atoms with Crippen LogP contribution in [0.25, 0.3) is 6.08 Å². The minimum Gasteiger partial charge on any atom is -0.497 e. The predicted octanol–water partition coefficient (Wildman–Crippen LogP) is 4.22. The molecule has 0 saturated carbocycles. The Balaban J connectivity index is 2.72. The summed E-state index contributed by atoms with van der Waals surface area (Å²) < 4.78 is 6.28. The Morgan fingerprint density at radius 3 is 2.50 bits per heavy atom. The molecule has 0 radical (unpaired) electrons. The molecule has 0 spiro atoms. The number of hydrogen-bond acceptors (Lipinski definition) is 1. The monoisotopic (exact) mass is 318 g/mol. The lowest BCUT2D eigenvalue weighted by molar-refractivity contribution is 0.415. The summed E-state index contributed by atoms with van der Waals surface area (Å²) in [6.45, 7) is 0. The molecule has 0 aromatic heterocycles. The molecule has 0 amide bonds. The van der Waals surface area contributed by atoms with Gasteiger partial charge in [0.1, 0.15) is 5.75 Å². The first-order valence-corrected chi connectivity index (χ1v) is 6.24. The molecular formula is C11H12Br2O. The molecule has 14 heavy (non-hydrogen) atoms. The summed E-state index contributed by atoms with van der Waals surface area (Å²) in [6.07, 6.45) is 3.12. The lowest BCUT2D eigenvalue weighted by atomic mass is 10.2. The number of methoxy groups -OCH3 is 1. The second-order valence-electron chi connectivity index (χ2n) is 2.80. The highest BCUT2D eigenvalue weighted by Crippen LogP contribution is 2.18. The quantitative estimate of drug-likeness (QED) is 0.755. The van der Waals surface area contributed by atoms with E-state index in [1.807, 2.05) is 24.3 Å². The number of hydrogen-bond donors (Lipinski definition) is 0. The topological polar surface area (TPSA) is 9.23 Å². The van der Waals surface area contributed by atoms with Crippen LogP contribution in [0.5, 0.6) is 5.75 Å². The third-order valence-corrected chi connectivity index (χ3v) is 2.79. The van der Waals surface area contributed by atoms with E-state index in [0.717, 1.165) is 17.5 Å². The number of benzene rings is 1. The van der Waals surface area contributed by atoms with E-state index >= 15 is 0 Å². The molecule has 0 heterocycles. The molecule has 0 saturated heterocycles.